The van der Waals surface area contributed by atoms with Crippen LogP contribution in [-0.2, 0) is 13.2 Å². The van der Waals surface area contributed by atoms with E-state index in [0.29, 0.717) is 0 Å². The molecular formula is C18H21N4S2+. The van der Waals surface area contributed by atoms with Crippen molar-refractivity contribution in [3.8, 4) is 0 Å². The van der Waals surface area contributed by atoms with E-state index in [1.54, 1.807) is 0 Å². The fourth-order valence-electron chi connectivity index (χ4n) is 2.47. The minimum absolute atomic E-state index is 0.750. The maximum atomic E-state index is 5.46. The van der Waals surface area contributed by atoms with Crippen LogP contribution < -0.4 is 10.2 Å². The number of benzene rings is 2. The average Bonchev–Trinajstić information content (AvgIpc) is 2.90. The number of quaternary nitrogens is 1. The molecule has 1 heterocycles. The molecule has 2 aromatic carbocycles. The van der Waals surface area contributed by atoms with Crippen molar-refractivity contribution in [3.63, 3.8) is 0 Å². The first-order valence-electron chi connectivity index (χ1n) is 7.87. The zero-order valence-corrected chi connectivity index (χ0v) is 15.5. The normalized spacial score (nSPS) is 12.1. The fourth-order valence-corrected chi connectivity index (χ4v) is 3.50. The fraction of sp³-hybridized carbons (Fsp3) is 0.222. The van der Waals surface area contributed by atoms with Crippen LogP contribution in [0.5, 0.6) is 0 Å². The first-order chi connectivity index (χ1) is 11.6. The van der Waals surface area contributed by atoms with Gasteiger partial charge in [-0.1, -0.05) is 59.4 Å². The Labute approximate surface area is 151 Å². The van der Waals surface area contributed by atoms with Crippen molar-refractivity contribution in [2.45, 2.75) is 20.1 Å². The van der Waals surface area contributed by atoms with Gasteiger partial charge in [-0.15, -0.1) is 5.10 Å². The molecule has 3 rings (SSSR count). The molecule has 0 aliphatic carbocycles. The van der Waals surface area contributed by atoms with E-state index in [0.717, 1.165) is 28.0 Å². The molecule has 1 aromatic heterocycles. The number of aryl methyl sites for hydroxylation is 1. The van der Waals surface area contributed by atoms with Crippen molar-refractivity contribution in [1.82, 2.24) is 9.78 Å². The molecule has 24 heavy (non-hydrogen) atoms. The third-order valence-electron chi connectivity index (χ3n) is 3.68. The Morgan fingerprint density at radius 3 is 2.54 bits per heavy atom. The van der Waals surface area contributed by atoms with Gasteiger partial charge in [0, 0.05) is 11.3 Å². The molecule has 1 atom stereocenters. The maximum absolute atomic E-state index is 5.46. The highest BCUT2D eigenvalue weighted by Crippen LogP contribution is 2.20. The van der Waals surface area contributed by atoms with Crippen molar-refractivity contribution in [2.75, 3.05) is 12.4 Å². The number of hydrogen-bond acceptors (Lipinski definition) is 4. The van der Waals surface area contributed by atoms with Crippen LogP contribution in [0, 0.1) is 10.9 Å². The van der Waals surface area contributed by atoms with Gasteiger partial charge in [0.15, 0.2) is 10.6 Å². The summed E-state index contributed by atoms with van der Waals surface area (Å²) in [6.07, 6.45) is 0. The number of rotatable bonds is 6. The lowest BCUT2D eigenvalue weighted by Crippen LogP contribution is -3.07. The Hall–Kier alpha value is -2.02. The Kier molecular flexibility index (Phi) is 5.40. The topological polar surface area (TPSA) is 34.3 Å². The van der Waals surface area contributed by atoms with Gasteiger partial charge < -0.3 is 10.2 Å². The molecule has 0 saturated heterocycles. The second-order valence-corrected chi connectivity index (χ2v) is 7.56. The standard InChI is InChI=1S/C18H20N4S2/c1-14-8-10-16(11-9-14)19-17-20-22(18(23)24-17)13-21(2)12-15-6-4-3-5-7-15/h3-11H,12-13H2,1-2H3,(H,19,20)/p+1. The van der Waals surface area contributed by atoms with E-state index in [1.165, 1.54) is 27.4 Å². The van der Waals surface area contributed by atoms with E-state index in [4.69, 9.17) is 12.2 Å². The van der Waals surface area contributed by atoms with Crippen LogP contribution in [0.15, 0.2) is 54.6 Å². The predicted octanol–water partition coefficient (Wildman–Crippen LogP) is 3.40. The Morgan fingerprint density at radius 2 is 1.83 bits per heavy atom. The zero-order valence-electron chi connectivity index (χ0n) is 13.8. The molecule has 3 aromatic rings. The summed E-state index contributed by atoms with van der Waals surface area (Å²) in [5.74, 6) is 0. The highest BCUT2D eigenvalue weighted by atomic mass is 32.1. The van der Waals surface area contributed by atoms with Crippen molar-refractivity contribution in [2.24, 2.45) is 0 Å². The smallest absolute Gasteiger partial charge is 0.209 e. The number of aromatic nitrogens is 2. The SMILES string of the molecule is Cc1ccc(Nc2nn(C[NH+](C)Cc3ccccc3)c(=S)s2)cc1. The van der Waals surface area contributed by atoms with Gasteiger partial charge in [-0.05, 0) is 31.3 Å². The van der Waals surface area contributed by atoms with Crippen LogP contribution in [0.1, 0.15) is 11.1 Å². The number of nitrogens with one attached hydrogen (secondary N) is 2. The number of nitrogens with zero attached hydrogens (tertiary/aromatic N) is 2. The van der Waals surface area contributed by atoms with Crippen LogP contribution in [0.25, 0.3) is 0 Å². The molecule has 0 saturated carbocycles. The lowest BCUT2D eigenvalue weighted by molar-refractivity contribution is -0.917. The Morgan fingerprint density at radius 1 is 1.12 bits per heavy atom. The molecule has 0 bridgehead atoms. The van der Waals surface area contributed by atoms with Crippen LogP contribution in [0.2, 0.25) is 0 Å². The van der Waals surface area contributed by atoms with Crippen LogP contribution in [0.4, 0.5) is 10.8 Å². The zero-order chi connectivity index (χ0) is 16.9. The van der Waals surface area contributed by atoms with Crippen molar-refractivity contribution in [3.05, 3.63) is 69.7 Å². The highest BCUT2D eigenvalue weighted by molar-refractivity contribution is 7.73. The van der Waals surface area contributed by atoms with Crippen LogP contribution >= 0.6 is 23.6 Å². The monoisotopic (exact) mass is 357 g/mol. The summed E-state index contributed by atoms with van der Waals surface area (Å²) in [4.78, 5) is 1.34. The van der Waals surface area contributed by atoms with E-state index in [-0.39, 0.29) is 0 Å². The van der Waals surface area contributed by atoms with Gasteiger partial charge in [0.05, 0.1) is 7.05 Å². The molecule has 2 N–H and O–H groups in total. The number of hydrogen-bond donors (Lipinski definition) is 2. The van der Waals surface area contributed by atoms with Gasteiger partial charge >= 0.3 is 0 Å². The van der Waals surface area contributed by atoms with E-state index in [2.05, 4.69) is 72.9 Å². The van der Waals surface area contributed by atoms with Gasteiger partial charge in [-0.2, -0.15) is 4.68 Å². The van der Waals surface area contributed by atoms with Crippen LogP contribution in [-0.4, -0.2) is 16.8 Å². The quantitative estimate of drug-likeness (QED) is 0.664. The summed E-state index contributed by atoms with van der Waals surface area (Å²) >= 11 is 6.96. The van der Waals surface area contributed by atoms with Gasteiger partial charge in [-0.3, -0.25) is 0 Å². The predicted molar refractivity (Wildman–Crippen MR) is 102 cm³/mol. The number of anilines is 2. The molecule has 124 valence electrons. The summed E-state index contributed by atoms with van der Waals surface area (Å²) in [5.41, 5.74) is 3.58. The summed E-state index contributed by atoms with van der Waals surface area (Å²) in [6.45, 7) is 3.77. The molecule has 4 nitrogen and oxygen atoms in total. The lowest BCUT2D eigenvalue weighted by atomic mass is 10.2. The maximum Gasteiger partial charge on any atom is 0.209 e. The van der Waals surface area contributed by atoms with Crippen molar-refractivity contribution in [1.29, 1.82) is 0 Å². The molecule has 6 heteroatoms. The van der Waals surface area contributed by atoms with Gasteiger partial charge in [0.1, 0.15) is 6.54 Å². The van der Waals surface area contributed by atoms with E-state index in [9.17, 15) is 0 Å². The van der Waals surface area contributed by atoms with E-state index < -0.39 is 0 Å². The van der Waals surface area contributed by atoms with Crippen molar-refractivity contribution < 1.29 is 4.90 Å². The molecule has 0 amide bonds. The third-order valence-corrected chi connectivity index (χ3v) is 4.90. The van der Waals surface area contributed by atoms with Gasteiger partial charge in [0.2, 0.25) is 5.13 Å². The minimum Gasteiger partial charge on any atom is -0.330 e. The first-order valence-corrected chi connectivity index (χ1v) is 9.09. The molecule has 0 aliphatic rings. The largest absolute Gasteiger partial charge is 0.330 e. The molecule has 1 unspecified atom stereocenters. The molecular weight excluding hydrogens is 336 g/mol. The summed E-state index contributed by atoms with van der Waals surface area (Å²) in [6, 6.07) is 18.7. The van der Waals surface area contributed by atoms with Gasteiger partial charge in [0.25, 0.3) is 0 Å². The molecule has 0 fully saturated rings. The van der Waals surface area contributed by atoms with Gasteiger partial charge in [-0.25, -0.2) is 0 Å². The lowest BCUT2D eigenvalue weighted by Gasteiger charge is -2.13. The third kappa shape index (κ3) is 4.50. The minimum atomic E-state index is 0.750. The summed E-state index contributed by atoms with van der Waals surface area (Å²) < 4.78 is 2.69. The van der Waals surface area contributed by atoms with Crippen LogP contribution in [0.3, 0.4) is 0 Å². The Balaban J connectivity index is 1.65. The first kappa shape index (κ1) is 16.8. The molecule has 0 radical (unpaired) electrons. The van der Waals surface area contributed by atoms with E-state index >= 15 is 0 Å². The second-order valence-electron chi connectivity index (χ2n) is 5.94. The highest BCUT2D eigenvalue weighted by Gasteiger charge is 2.09. The summed E-state index contributed by atoms with van der Waals surface area (Å²) in [7, 11) is 2.15. The average molecular weight is 358 g/mol. The molecule has 0 spiro atoms. The summed E-state index contributed by atoms with van der Waals surface area (Å²) in [5, 5.41) is 8.76. The Bertz CT molecular complexity index is 837. The van der Waals surface area contributed by atoms with Crippen molar-refractivity contribution >= 4 is 34.4 Å². The van der Waals surface area contributed by atoms with E-state index in [1.807, 2.05) is 10.7 Å². The second kappa shape index (κ2) is 7.70. The molecule has 0 aliphatic heterocycles.